The highest BCUT2D eigenvalue weighted by Gasteiger charge is 2.17. The van der Waals surface area contributed by atoms with E-state index in [2.05, 4.69) is 15.4 Å². The van der Waals surface area contributed by atoms with E-state index in [4.69, 9.17) is 21.6 Å². The summed E-state index contributed by atoms with van der Waals surface area (Å²) in [7, 11) is 3.42. The number of aromatic nitrogens is 3. The number of hydrogen-bond acceptors (Lipinski definition) is 5. The lowest BCUT2D eigenvalue weighted by Crippen LogP contribution is -2.10. The molecule has 2 aromatic heterocycles. The Labute approximate surface area is 121 Å². The van der Waals surface area contributed by atoms with Crippen LogP contribution >= 0.6 is 11.6 Å². The number of anilines is 1. The fourth-order valence-electron chi connectivity index (χ4n) is 1.82. The van der Waals surface area contributed by atoms with E-state index < -0.39 is 0 Å². The number of pyridine rings is 1. The standard InChI is InChI=1S/C13H14ClN5O/c1-8(12-11(20-3)7-19(2)18-12)17-13-10(14)4-9(5-15)6-16-13/h4,6-8H,1-3H3,(H,16,17). The Bertz CT molecular complexity index is 661. The van der Waals surface area contributed by atoms with Crippen molar-refractivity contribution in [2.45, 2.75) is 13.0 Å². The minimum Gasteiger partial charge on any atom is -0.493 e. The Morgan fingerprint density at radius 3 is 2.90 bits per heavy atom. The Kier molecular flexibility index (Phi) is 4.11. The summed E-state index contributed by atoms with van der Waals surface area (Å²) >= 11 is 6.09. The van der Waals surface area contributed by atoms with Gasteiger partial charge < -0.3 is 10.1 Å². The molecule has 0 saturated heterocycles. The SMILES string of the molecule is COc1cn(C)nc1C(C)Nc1ncc(C#N)cc1Cl. The predicted octanol–water partition coefficient (Wildman–Crippen LogP) is 2.52. The Morgan fingerprint density at radius 1 is 1.55 bits per heavy atom. The largest absolute Gasteiger partial charge is 0.493 e. The van der Waals surface area contributed by atoms with Crippen LogP contribution in [-0.2, 0) is 7.05 Å². The highest BCUT2D eigenvalue weighted by Crippen LogP contribution is 2.28. The molecule has 6 nitrogen and oxygen atoms in total. The van der Waals surface area contributed by atoms with Gasteiger partial charge in [-0.1, -0.05) is 11.6 Å². The van der Waals surface area contributed by atoms with Crippen molar-refractivity contribution in [2.75, 3.05) is 12.4 Å². The van der Waals surface area contributed by atoms with Gasteiger partial charge in [-0.2, -0.15) is 10.4 Å². The minimum atomic E-state index is -0.135. The van der Waals surface area contributed by atoms with E-state index in [1.165, 1.54) is 6.20 Å². The topological polar surface area (TPSA) is 75.8 Å². The molecule has 0 bridgehead atoms. The molecule has 1 unspecified atom stereocenters. The molecule has 104 valence electrons. The van der Waals surface area contributed by atoms with Gasteiger partial charge >= 0.3 is 0 Å². The summed E-state index contributed by atoms with van der Waals surface area (Å²) in [6.45, 7) is 1.93. The molecule has 0 fully saturated rings. The minimum absolute atomic E-state index is 0.135. The second-order valence-electron chi connectivity index (χ2n) is 4.29. The van der Waals surface area contributed by atoms with Crippen molar-refractivity contribution in [1.29, 1.82) is 5.26 Å². The first kappa shape index (κ1) is 14.2. The third-order valence-corrected chi connectivity index (χ3v) is 3.06. The quantitative estimate of drug-likeness (QED) is 0.937. The first-order valence-corrected chi connectivity index (χ1v) is 6.32. The number of halogens is 1. The van der Waals surface area contributed by atoms with Crippen molar-refractivity contribution in [1.82, 2.24) is 14.8 Å². The van der Waals surface area contributed by atoms with Gasteiger partial charge in [-0.3, -0.25) is 4.68 Å². The van der Waals surface area contributed by atoms with Gasteiger partial charge in [0.25, 0.3) is 0 Å². The number of nitriles is 1. The van der Waals surface area contributed by atoms with Crippen LogP contribution in [0.3, 0.4) is 0 Å². The molecule has 0 radical (unpaired) electrons. The maximum absolute atomic E-state index is 8.79. The molecule has 1 atom stereocenters. The van der Waals surface area contributed by atoms with Gasteiger partial charge in [0.2, 0.25) is 0 Å². The molecule has 0 amide bonds. The van der Waals surface area contributed by atoms with Gasteiger partial charge in [-0.25, -0.2) is 4.98 Å². The van der Waals surface area contributed by atoms with Crippen molar-refractivity contribution in [2.24, 2.45) is 7.05 Å². The molecule has 0 aliphatic carbocycles. The summed E-state index contributed by atoms with van der Waals surface area (Å²) in [5.74, 6) is 1.20. The number of methoxy groups -OCH3 is 1. The first-order chi connectivity index (χ1) is 9.55. The van der Waals surface area contributed by atoms with E-state index in [-0.39, 0.29) is 6.04 Å². The zero-order valence-electron chi connectivity index (χ0n) is 11.4. The van der Waals surface area contributed by atoms with E-state index in [0.717, 1.165) is 5.69 Å². The monoisotopic (exact) mass is 291 g/mol. The molecule has 2 heterocycles. The lowest BCUT2D eigenvalue weighted by molar-refractivity contribution is 0.407. The molecule has 0 saturated carbocycles. The van der Waals surface area contributed by atoms with Crippen molar-refractivity contribution < 1.29 is 4.74 Å². The van der Waals surface area contributed by atoms with Crippen molar-refractivity contribution in [3.63, 3.8) is 0 Å². The smallest absolute Gasteiger partial charge is 0.162 e. The van der Waals surface area contributed by atoms with Crippen LogP contribution < -0.4 is 10.1 Å². The summed E-state index contributed by atoms with van der Waals surface area (Å²) in [5.41, 5.74) is 1.18. The molecule has 0 aliphatic rings. The fourth-order valence-corrected chi connectivity index (χ4v) is 2.04. The molecule has 0 aliphatic heterocycles. The second kappa shape index (κ2) is 5.80. The average Bonchev–Trinajstić information content (AvgIpc) is 2.82. The lowest BCUT2D eigenvalue weighted by Gasteiger charge is -2.14. The molecular formula is C13H14ClN5O. The zero-order valence-corrected chi connectivity index (χ0v) is 12.1. The molecular weight excluding hydrogens is 278 g/mol. The molecule has 20 heavy (non-hydrogen) atoms. The average molecular weight is 292 g/mol. The van der Waals surface area contributed by atoms with E-state index in [0.29, 0.717) is 22.2 Å². The Hall–Kier alpha value is -2.26. The maximum atomic E-state index is 8.79. The third-order valence-electron chi connectivity index (χ3n) is 2.78. The number of hydrogen-bond donors (Lipinski definition) is 1. The molecule has 2 aromatic rings. The van der Waals surface area contributed by atoms with Crippen LogP contribution in [0.1, 0.15) is 24.2 Å². The van der Waals surface area contributed by atoms with Gasteiger partial charge in [0, 0.05) is 13.2 Å². The molecule has 0 aromatic carbocycles. The Morgan fingerprint density at radius 2 is 2.30 bits per heavy atom. The highest BCUT2D eigenvalue weighted by molar-refractivity contribution is 6.33. The maximum Gasteiger partial charge on any atom is 0.162 e. The first-order valence-electron chi connectivity index (χ1n) is 5.95. The van der Waals surface area contributed by atoms with Gasteiger partial charge in [0.1, 0.15) is 17.6 Å². The normalized spacial score (nSPS) is 11.8. The zero-order chi connectivity index (χ0) is 14.7. The summed E-state index contributed by atoms with van der Waals surface area (Å²) in [6.07, 6.45) is 3.26. The van der Waals surface area contributed by atoms with Gasteiger partial charge in [-0.05, 0) is 13.0 Å². The summed E-state index contributed by atoms with van der Waals surface area (Å²) in [4.78, 5) is 4.14. The summed E-state index contributed by atoms with van der Waals surface area (Å²) < 4.78 is 6.95. The Balaban J connectivity index is 2.23. The number of aryl methyl sites for hydroxylation is 1. The van der Waals surface area contributed by atoms with Crippen molar-refractivity contribution in [3.05, 3.63) is 34.7 Å². The second-order valence-corrected chi connectivity index (χ2v) is 4.70. The van der Waals surface area contributed by atoms with E-state index in [9.17, 15) is 0 Å². The van der Waals surface area contributed by atoms with Crippen molar-refractivity contribution >= 4 is 17.4 Å². The number of nitrogens with zero attached hydrogens (tertiary/aromatic N) is 4. The highest BCUT2D eigenvalue weighted by atomic mass is 35.5. The van der Waals surface area contributed by atoms with Crippen molar-refractivity contribution in [3.8, 4) is 11.8 Å². The number of rotatable bonds is 4. The summed E-state index contributed by atoms with van der Waals surface area (Å²) in [6, 6.07) is 3.42. The van der Waals surface area contributed by atoms with Gasteiger partial charge in [0.05, 0.1) is 29.9 Å². The number of ether oxygens (including phenoxy) is 1. The molecule has 7 heteroatoms. The van der Waals surface area contributed by atoms with Crippen LogP contribution in [-0.4, -0.2) is 21.9 Å². The van der Waals surface area contributed by atoms with Crippen LogP contribution in [0, 0.1) is 11.3 Å². The van der Waals surface area contributed by atoms with E-state index >= 15 is 0 Å². The van der Waals surface area contributed by atoms with Crippen LogP contribution in [0.25, 0.3) is 0 Å². The predicted molar refractivity (Wildman–Crippen MR) is 75.8 cm³/mol. The van der Waals surface area contributed by atoms with E-state index in [1.54, 1.807) is 24.1 Å². The molecule has 0 spiro atoms. The molecule has 1 N–H and O–H groups in total. The fraction of sp³-hybridized carbons (Fsp3) is 0.308. The molecule has 2 rings (SSSR count). The van der Waals surface area contributed by atoms with Crippen LogP contribution in [0.4, 0.5) is 5.82 Å². The van der Waals surface area contributed by atoms with Crippen LogP contribution in [0.2, 0.25) is 5.02 Å². The third kappa shape index (κ3) is 2.83. The van der Waals surface area contributed by atoms with Crippen LogP contribution in [0.15, 0.2) is 18.5 Å². The van der Waals surface area contributed by atoms with Gasteiger partial charge in [-0.15, -0.1) is 0 Å². The van der Waals surface area contributed by atoms with E-state index in [1.807, 2.05) is 20.0 Å². The lowest BCUT2D eigenvalue weighted by atomic mass is 10.2. The van der Waals surface area contributed by atoms with Crippen LogP contribution in [0.5, 0.6) is 5.75 Å². The summed E-state index contributed by atoms with van der Waals surface area (Å²) in [5, 5.41) is 16.7. The van der Waals surface area contributed by atoms with Gasteiger partial charge in [0.15, 0.2) is 5.75 Å². The number of nitrogens with one attached hydrogen (secondary N) is 1.